The Morgan fingerprint density at radius 2 is 1.93 bits per heavy atom. The Balaban J connectivity index is 1.74. The highest BCUT2D eigenvalue weighted by atomic mass is 35.5. The van der Waals surface area contributed by atoms with Gasteiger partial charge in [-0.2, -0.15) is 0 Å². The molecule has 7 heteroatoms. The zero-order chi connectivity index (χ0) is 19.4. The number of carbonyl (C=O) groups is 2. The van der Waals surface area contributed by atoms with Gasteiger partial charge in [0.05, 0.1) is 25.9 Å². The molecule has 2 aromatic carbocycles. The van der Waals surface area contributed by atoms with Crippen LogP contribution in [0.15, 0.2) is 48.5 Å². The molecule has 2 aromatic rings. The Kier molecular flexibility index (Phi) is 5.98. The molecule has 0 aliphatic carbocycles. The van der Waals surface area contributed by atoms with Crippen LogP contribution in [0.25, 0.3) is 0 Å². The van der Waals surface area contributed by atoms with Gasteiger partial charge in [-0.3, -0.25) is 9.69 Å². The summed E-state index contributed by atoms with van der Waals surface area (Å²) in [6, 6.07) is 14.7. The van der Waals surface area contributed by atoms with Crippen molar-refractivity contribution in [1.29, 1.82) is 0 Å². The maximum Gasteiger partial charge on any atom is 0.348 e. The summed E-state index contributed by atoms with van der Waals surface area (Å²) < 4.78 is 10.5. The minimum atomic E-state index is -0.845. The minimum absolute atomic E-state index is 0.114. The summed E-state index contributed by atoms with van der Waals surface area (Å²) in [7, 11) is 3.15. The molecule has 1 heterocycles. The van der Waals surface area contributed by atoms with E-state index >= 15 is 0 Å². The molecule has 0 aromatic heterocycles. The number of carbonyl (C=O) groups excluding carboxylic acids is 2. The number of nitrogens with zero attached hydrogens (tertiary/aromatic N) is 2. The number of rotatable bonds is 5. The van der Waals surface area contributed by atoms with Crippen molar-refractivity contribution in [3.8, 4) is 5.75 Å². The van der Waals surface area contributed by atoms with E-state index in [9.17, 15) is 9.59 Å². The average molecular weight is 389 g/mol. The van der Waals surface area contributed by atoms with E-state index < -0.39 is 12.1 Å². The molecule has 0 radical (unpaired) electrons. The molecule has 0 saturated heterocycles. The summed E-state index contributed by atoms with van der Waals surface area (Å²) in [4.78, 5) is 28.3. The smallest absolute Gasteiger partial charge is 0.348 e. The molecule has 0 spiro atoms. The van der Waals surface area contributed by atoms with Crippen molar-refractivity contribution in [1.82, 2.24) is 4.90 Å². The number of para-hydroxylation sites is 2. The van der Waals surface area contributed by atoms with Gasteiger partial charge in [0.2, 0.25) is 12.0 Å². The van der Waals surface area contributed by atoms with Crippen LogP contribution in [0.5, 0.6) is 5.75 Å². The van der Waals surface area contributed by atoms with Crippen molar-refractivity contribution in [2.24, 2.45) is 0 Å². The van der Waals surface area contributed by atoms with Crippen LogP contribution in [0.2, 0.25) is 5.02 Å². The fourth-order valence-electron chi connectivity index (χ4n) is 3.01. The van der Waals surface area contributed by atoms with Crippen LogP contribution in [-0.4, -0.2) is 50.1 Å². The van der Waals surface area contributed by atoms with Gasteiger partial charge in [-0.15, -0.1) is 0 Å². The maximum absolute atomic E-state index is 12.9. The van der Waals surface area contributed by atoms with Crippen LogP contribution in [-0.2, 0) is 20.9 Å². The van der Waals surface area contributed by atoms with Crippen LogP contribution in [0.3, 0.4) is 0 Å². The van der Waals surface area contributed by atoms with Crippen molar-refractivity contribution in [2.75, 3.05) is 32.1 Å². The molecule has 0 fully saturated rings. The van der Waals surface area contributed by atoms with Gasteiger partial charge >= 0.3 is 5.97 Å². The fourth-order valence-corrected chi connectivity index (χ4v) is 3.21. The van der Waals surface area contributed by atoms with Crippen LogP contribution >= 0.6 is 11.6 Å². The molecule has 142 valence electrons. The third kappa shape index (κ3) is 4.40. The summed E-state index contributed by atoms with van der Waals surface area (Å²) in [6.45, 7) is 0.827. The van der Waals surface area contributed by atoms with Gasteiger partial charge in [0.15, 0.2) is 0 Å². The third-order valence-corrected chi connectivity index (χ3v) is 4.71. The molecule has 0 unspecified atom stereocenters. The fraction of sp³-hybridized carbons (Fsp3) is 0.300. The number of anilines is 1. The quantitative estimate of drug-likeness (QED) is 0.737. The first-order valence-corrected chi connectivity index (χ1v) is 8.93. The van der Waals surface area contributed by atoms with Crippen molar-refractivity contribution >= 4 is 29.2 Å². The number of ether oxygens (including phenoxy) is 2. The van der Waals surface area contributed by atoms with Crippen molar-refractivity contribution < 1.29 is 19.1 Å². The van der Waals surface area contributed by atoms with Gasteiger partial charge in [-0.05, 0) is 30.8 Å². The average Bonchev–Trinajstić information content (AvgIpc) is 2.68. The molecule has 6 nitrogen and oxygen atoms in total. The highest BCUT2D eigenvalue weighted by Crippen LogP contribution is 2.33. The summed E-state index contributed by atoms with van der Waals surface area (Å²) in [6.07, 6.45) is -0.845. The van der Waals surface area contributed by atoms with Crippen LogP contribution in [0.4, 0.5) is 5.69 Å². The molecule has 0 saturated carbocycles. The van der Waals surface area contributed by atoms with Crippen molar-refractivity contribution in [3.05, 3.63) is 59.1 Å². The Morgan fingerprint density at radius 1 is 1.22 bits per heavy atom. The lowest BCUT2D eigenvalue weighted by Gasteiger charge is -2.34. The molecule has 1 atom stereocenters. The topological polar surface area (TPSA) is 59.1 Å². The molecule has 1 amide bonds. The van der Waals surface area contributed by atoms with Crippen LogP contribution < -0.4 is 9.64 Å². The van der Waals surface area contributed by atoms with E-state index in [2.05, 4.69) is 0 Å². The number of hydrogen-bond donors (Lipinski definition) is 0. The Morgan fingerprint density at radius 3 is 2.67 bits per heavy atom. The first-order chi connectivity index (χ1) is 13.0. The van der Waals surface area contributed by atoms with E-state index in [4.69, 9.17) is 21.1 Å². The first-order valence-electron chi connectivity index (χ1n) is 8.55. The molecule has 3 rings (SSSR count). The van der Waals surface area contributed by atoms with Gasteiger partial charge in [-0.1, -0.05) is 41.9 Å². The lowest BCUT2D eigenvalue weighted by atomic mass is 10.1. The van der Waals surface area contributed by atoms with E-state index in [0.29, 0.717) is 23.0 Å². The second kappa shape index (κ2) is 8.41. The predicted molar refractivity (Wildman–Crippen MR) is 103 cm³/mol. The van der Waals surface area contributed by atoms with E-state index in [-0.39, 0.29) is 19.0 Å². The maximum atomic E-state index is 12.9. The van der Waals surface area contributed by atoms with E-state index in [0.717, 1.165) is 5.56 Å². The van der Waals surface area contributed by atoms with Gasteiger partial charge in [0.25, 0.3) is 0 Å². The number of methoxy groups -OCH3 is 1. The zero-order valence-corrected chi connectivity index (χ0v) is 16.0. The summed E-state index contributed by atoms with van der Waals surface area (Å²) in [5.74, 6) is -0.151. The number of esters is 1. The van der Waals surface area contributed by atoms with Gasteiger partial charge < -0.3 is 14.4 Å². The Labute approximate surface area is 163 Å². The number of amides is 1. The highest BCUT2D eigenvalue weighted by Gasteiger charge is 2.34. The molecule has 0 N–H and O–H groups in total. The molecule has 27 heavy (non-hydrogen) atoms. The minimum Gasteiger partial charge on any atom is -0.475 e. The number of halogens is 1. The molecular weight excluding hydrogens is 368 g/mol. The highest BCUT2D eigenvalue weighted by molar-refractivity contribution is 6.31. The number of fused-ring (bicyclic) bond motifs is 1. The Bertz CT molecular complexity index is 842. The third-order valence-electron chi connectivity index (χ3n) is 4.34. The summed E-state index contributed by atoms with van der Waals surface area (Å²) in [5.41, 5.74) is 1.60. The summed E-state index contributed by atoms with van der Waals surface area (Å²) in [5, 5.41) is 0.666. The van der Waals surface area contributed by atoms with Gasteiger partial charge in [0.1, 0.15) is 5.75 Å². The van der Waals surface area contributed by atoms with E-state index in [1.54, 1.807) is 23.1 Å². The Hall–Kier alpha value is -2.57. The molecule has 1 aliphatic rings. The number of hydrogen-bond acceptors (Lipinski definition) is 5. The van der Waals surface area contributed by atoms with Gasteiger partial charge in [-0.25, -0.2) is 4.79 Å². The van der Waals surface area contributed by atoms with Crippen molar-refractivity contribution in [2.45, 2.75) is 12.6 Å². The van der Waals surface area contributed by atoms with E-state index in [1.807, 2.05) is 42.3 Å². The standard InChI is InChI=1S/C20H21ClN2O4/c1-22(11-14-7-3-4-8-15(14)21)13-19(24)23-12-18(20(25)26-2)27-17-10-6-5-9-16(17)23/h3-10,18H,11-13H2,1-2H3/t18-/m0/s1. The van der Waals surface area contributed by atoms with Crippen LogP contribution in [0.1, 0.15) is 5.56 Å². The molecule has 0 bridgehead atoms. The number of benzene rings is 2. The SMILES string of the molecule is COC(=O)[C@@H]1CN(C(=O)CN(C)Cc2ccccc2Cl)c2ccccc2O1. The zero-order valence-electron chi connectivity index (χ0n) is 15.2. The summed E-state index contributed by atoms with van der Waals surface area (Å²) >= 11 is 6.20. The predicted octanol–water partition coefficient (Wildman–Crippen LogP) is 2.74. The second-order valence-corrected chi connectivity index (χ2v) is 6.77. The van der Waals surface area contributed by atoms with Crippen molar-refractivity contribution in [3.63, 3.8) is 0 Å². The molecular formula is C20H21ClN2O4. The lowest BCUT2D eigenvalue weighted by molar-refractivity contribution is -0.148. The largest absolute Gasteiger partial charge is 0.475 e. The van der Waals surface area contributed by atoms with Crippen LogP contribution in [0, 0.1) is 0 Å². The normalized spacial score (nSPS) is 15.9. The second-order valence-electron chi connectivity index (χ2n) is 6.37. The van der Waals surface area contributed by atoms with E-state index in [1.165, 1.54) is 7.11 Å². The monoisotopic (exact) mass is 388 g/mol. The lowest BCUT2D eigenvalue weighted by Crippen LogP contribution is -2.49. The molecule has 1 aliphatic heterocycles. The first kappa shape index (κ1) is 19.2. The number of likely N-dealkylation sites (N-methyl/N-ethyl adjacent to an activating group) is 1. The van der Waals surface area contributed by atoms with Gasteiger partial charge in [0, 0.05) is 11.6 Å².